The van der Waals surface area contributed by atoms with Crippen molar-refractivity contribution in [2.24, 2.45) is 0 Å². The second kappa shape index (κ2) is 5.83. The number of hydrogen-bond acceptors (Lipinski definition) is 3. The lowest BCUT2D eigenvalue weighted by atomic mass is 9.91. The van der Waals surface area contributed by atoms with Crippen molar-refractivity contribution in [3.8, 4) is 0 Å². The van der Waals surface area contributed by atoms with E-state index in [4.69, 9.17) is 11.6 Å². The molecule has 0 fully saturated rings. The zero-order valence-electron chi connectivity index (χ0n) is 13.7. The first-order valence-corrected chi connectivity index (χ1v) is 9.43. The van der Waals surface area contributed by atoms with Crippen molar-refractivity contribution in [2.45, 2.75) is 31.2 Å². The lowest BCUT2D eigenvalue weighted by Gasteiger charge is -2.31. The van der Waals surface area contributed by atoms with Crippen molar-refractivity contribution >= 4 is 38.6 Å². The van der Waals surface area contributed by atoms with E-state index in [2.05, 4.69) is 30.0 Å². The molecule has 126 valence electrons. The van der Waals surface area contributed by atoms with E-state index in [1.807, 2.05) is 19.1 Å². The van der Waals surface area contributed by atoms with E-state index in [0.29, 0.717) is 10.7 Å². The highest BCUT2D eigenvalue weighted by Crippen LogP contribution is 2.35. The third-order valence-electron chi connectivity index (χ3n) is 3.85. The molecule has 1 aliphatic rings. The number of sulfonamides is 1. The molecule has 0 saturated heterocycles. The van der Waals surface area contributed by atoms with Crippen LogP contribution in [0.5, 0.6) is 0 Å². The Morgan fingerprint density at radius 1 is 1.08 bits per heavy atom. The number of fused-ring (bicyclic) bond motifs is 1. The summed E-state index contributed by atoms with van der Waals surface area (Å²) in [5.74, 6) is 0. The Hall–Kier alpha value is -1.98. The van der Waals surface area contributed by atoms with E-state index in [0.717, 1.165) is 16.8 Å². The SMILES string of the molecule is CC1=CC(C)(C)Nc2ccc(NS(=O)(=O)c3ccc(Cl)cc3)cc21. The summed E-state index contributed by atoms with van der Waals surface area (Å²) < 4.78 is 27.6. The van der Waals surface area contributed by atoms with Gasteiger partial charge in [0.15, 0.2) is 0 Å². The van der Waals surface area contributed by atoms with Crippen molar-refractivity contribution in [3.63, 3.8) is 0 Å². The first-order chi connectivity index (χ1) is 11.2. The van der Waals surface area contributed by atoms with Crippen LogP contribution in [-0.2, 0) is 10.0 Å². The van der Waals surface area contributed by atoms with Gasteiger partial charge in [0.1, 0.15) is 0 Å². The number of benzene rings is 2. The Morgan fingerprint density at radius 3 is 2.42 bits per heavy atom. The number of nitrogens with one attached hydrogen (secondary N) is 2. The molecule has 0 unspecified atom stereocenters. The third-order valence-corrected chi connectivity index (χ3v) is 5.50. The number of hydrogen-bond donors (Lipinski definition) is 2. The van der Waals surface area contributed by atoms with Crippen molar-refractivity contribution in [1.29, 1.82) is 0 Å². The molecule has 0 aliphatic carbocycles. The lowest BCUT2D eigenvalue weighted by Crippen LogP contribution is -2.31. The Balaban J connectivity index is 1.92. The smallest absolute Gasteiger partial charge is 0.261 e. The van der Waals surface area contributed by atoms with Gasteiger partial charge in [-0.3, -0.25) is 4.72 Å². The van der Waals surface area contributed by atoms with Gasteiger partial charge in [0.2, 0.25) is 0 Å². The molecule has 6 heteroatoms. The van der Waals surface area contributed by atoms with E-state index in [1.165, 1.54) is 12.1 Å². The van der Waals surface area contributed by atoms with Gasteiger partial charge in [0.25, 0.3) is 10.0 Å². The average molecular weight is 363 g/mol. The van der Waals surface area contributed by atoms with Gasteiger partial charge in [0.05, 0.1) is 10.4 Å². The zero-order chi connectivity index (χ0) is 17.5. The molecule has 0 radical (unpaired) electrons. The first-order valence-electron chi connectivity index (χ1n) is 7.57. The van der Waals surface area contributed by atoms with Crippen molar-refractivity contribution in [1.82, 2.24) is 0 Å². The van der Waals surface area contributed by atoms with Crippen LogP contribution >= 0.6 is 11.6 Å². The standard InChI is InChI=1S/C18H19ClN2O2S/c1-12-11-18(2,3)20-17-9-6-14(10-16(12)17)21-24(22,23)15-7-4-13(19)5-8-15/h4-11,20-21H,1-3H3. The van der Waals surface area contributed by atoms with E-state index in [9.17, 15) is 8.42 Å². The average Bonchev–Trinajstić information content (AvgIpc) is 2.47. The molecule has 0 aromatic heterocycles. The van der Waals surface area contributed by atoms with Gasteiger partial charge in [-0.2, -0.15) is 0 Å². The molecule has 0 bridgehead atoms. The van der Waals surface area contributed by atoms with Gasteiger partial charge >= 0.3 is 0 Å². The maximum Gasteiger partial charge on any atom is 0.261 e. The molecular weight excluding hydrogens is 344 g/mol. The lowest BCUT2D eigenvalue weighted by molar-refractivity contribution is 0.601. The van der Waals surface area contributed by atoms with E-state index >= 15 is 0 Å². The molecule has 24 heavy (non-hydrogen) atoms. The van der Waals surface area contributed by atoms with Gasteiger partial charge in [-0.25, -0.2) is 8.42 Å². The molecule has 1 aliphatic heterocycles. The van der Waals surface area contributed by atoms with Crippen LogP contribution in [-0.4, -0.2) is 14.0 Å². The molecule has 0 amide bonds. The Kier molecular flexibility index (Phi) is 4.10. The van der Waals surface area contributed by atoms with Crippen LogP contribution < -0.4 is 10.0 Å². The van der Waals surface area contributed by atoms with Crippen LogP contribution in [0, 0.1) is 0 Å². The van der Waals surface area contributed by atoms with Crippen LogP contribution in [0.25, 0.3) is 5.57 Å². The number of anilines is 2. The molecule has 2 aromatic rings. The molecule has 0 atom stereocenters. The molecule has 0 spiro atoms. The molecule has 0 saturated carbocycles. The number of allylic oxidation sites excluding steroid dienone is 1. The van der Waals surface area contributed by atoms with Crippen LogP contribution in [0.1, 0.15) is 26.3 Å². The Morgan fingerprint density at radius 2 is 1.75 bits per heavy atom. The molecular formula is C18H19ClN2O2S. The summed E-state index contributed by atoms with van der Waals surface area (Å²) >= 11 is 5.81. The van der Waals surface area contributed by atoms with E-state index in [1.54, 1.807) is 18.2 Å². The fourth-order valence-electron chi connectivity index (χ4n) is 2.87. The second-order valence-electron chi connectivity index (χ2n) is 6.49. The van der Waals surface area contributed by atoms with E-state index in [-0.39, 0.29) is 10.4 Å². The van der Waals surface area contributed by atoms with Gasteiger partial charge in [-0.15, -0.1) is 0 Å². The summed E-state index contributed by atoms with van der Waals surface area (Å²) in [7, 11) is -3.65. The summed E-state index contributed by atoms with van der Waals surface area (Å²) in [6, 6.07) is 11.6. The van der Waals surface area contributed by atoms with Gasteiger partial charge in [-0.1, -0.05) is 17.7 Å². The highest BCUT2D eigenvalue weighted by molar-refractivity contribution is 7.92. The second-order valence-corrected chi connectivity index (χ2v) is 8.61. The minimum atomic E-state index is -3.65. The van der Waals surface area contributed by atoms with Gasteiger partial charge in [-0.05, 0) is 68.8 Å². The van der Waals surface area contributed by atoms with Crippen LogP contribution in [0.2, 0.25) is 5.02 Å². The van der Waals surface area contributed by atoms with Gasteiger partial charge < -0.3 is 5.32 Å². The van der Waals surface area contributed by atoms with Crippen LogP contribution in [0.15, 0.2) is 53.4 Å². The number of halogens is 1. The Labute approximate surface area is 147 Å². The molecule has 3 rings (SSSR count). The minimum Gasteiger partial charge on any atom is -0.376 e. The van der Waals surface area contributed by atoms with Crippen LogP contribution in [0.3, 0.4) is 0 Å². The highest BCUT2D eigenvalue weighted by atomic mass is 35.5. The summed E-state index contributed by atoms with van der Waals surface area (Å²) in [5, 5.41) is 3.92. The predicted molar refractivity (Wildman–Crippen MR) is 100 cm³/mol. The quantitative estimate of drug-likeness (QED) is 0.828. The first kappa shape index (κ1) is 16.9. The fourth-order valence-corrected chi connectivity index (χ4v) is 4.05. The molecule has 2 aromatic carbocycles. The maximum atomic E-state index is 12.5. The van der Waals surface area contributed by atoms with Crippen molar-refractivity contribution in [3.05, 3.63) is 59.1 Å². The summed E-state index contributed by atoms with van der Waals surface area (Å²) in [5.41, 5.74) is 3.50. The monoisotopic (exact) mass is 362 g/mol. The third kappa shape index (κ3) is 3.42. The number of rotatable bonds is 3. The topological polar surface area (TPSA) is 58.2 Å². The largest absolute Gasteiger partial charge is 0.376 e. The molecule has 2 N–H and O–H groups in total. The summed E-state index contributed by atoms with van der Waals surface area (Å²) in [4.78, 5) is 0.177. The van der Waals surface area contributed by atoms with Crippen molar-refractivity contribution in [2.75, 3.05) is 10.0 Å². The maximum absolute atomic E-state index is 12.5. The minimum absolute atomic E-state index is 0.124. The predicted octanol–water partition coefficient (Wildman–Crippen LogP) is 4.75. The normalized spacial score (nSPS) is 15.9. The summed E-state index contributed by atoms with van der Waals surface area (Å²) in [6.07, 6.45) is 2.13. The van der Waals surface area contributed by atoms with Gasteiger partial charge in [0, 0.05) is 22.0 Å². The Bertz CT molecular complexity index is 917. The molecule has 4 nitrogen and oxygen atoms in total. The highest BCUT2D eigenvalue weighted by Gasteiger charge is 2.23. The fraction of sp³-hybridized carbons (Fsp3) is 0.222. The zero-order valence-corrected chi connectivity index (χ0v) is 15.3. The summed E-state index contributed by atoms with van der Waals surface area (Å²) in [6.45, 7) is 6.21. The van der Waals surface area contributed by atoms with Crippen molar-refractivity contribution < 1.29 is 8.42 Å². The van der Waals surface area contributed by atoms with Crippen LogP contribution in [0.4, 0.5) is 11.4 Å². The molecule has 1 heterocycles. The van der Waals surface area contributed by atoms with E-state index < -0.39 is 10.0 Å².